The molecule has 0 bridgehead atoms. The summed E-state index contributed by atoms with van der Waals surface area (Å²) in [6, 6.07) is 10.2. The van der Waals surface area contributed by atoms with Crippen LogP contribution >= 0.6 is 0 Å². The van der Waals surface area contributed by atoms with Crippen LogP contribution in [0.3, 0.4) is 0 Å². The highest BCUT2D eigenvalue weighted by molar-refractivity contribution is 5.95. The molecule has 1 aliphatic rings. The van der Waals surface area contributed by atoms with Crippen LogP contribution in [0.1, 0.15) is 44.5 Å². The van der Waals surface area contributed by atoms with Crippen LogP contribution < -0.4 is 0 Å². The van der Waals surface area contributed by atoms with E-state index in [9.17, 15) is 4.79 Å². The fraction of sp³-hybridized carbons (Fsp3) is 0.300. The quantitative estimate of drug-likeness (QED) is 0.721. The topological polar surface area (TPSA) is 51.3 Å². The first kappa shape index (κ1) is 15.7. The molecule has 0 saturated carbocycles. The largest absolute Gasteiger partial charge is 0.466 e. The van der Waals surface area contributed by atoms with E-state index in [-0.39, 0.29) is 11.8 Å². The number of benzene rings is 1. The molecule has 0 fully saturated rings. The predicted octanol–water partition coefficient (Wildman–Crippen LogP) is 3.42. The highest BCUT2D eigenvalue weighted by Gasteiger charge is 2.31. The molecule has 25 heavy (non-hydrogen) atoms. The summed E-state index contributed by atoms with van der Waals surface area (Å²) < 4.78 is 7.36. The van der Waals surface area contributed by atoms with Gasteiger partial charge < -0.3 is 9.32 Å². The average molecular weight is 335 g/mol. The Hall–Kier alpha value is -2.82. The van der Waals surface area contributed by atoms with Gasteiger partial charge >= 0.3 is 0 Å². The highest BCUT2D eigenvalue weighted by Crippen LogP contribution is 2.34. The molecule has 0 spiro atoms. The number of nitrogens with zero attached hydrogens (tertiary/aromatic N) is 3. The molecule has 0 radical (unpaired) electrons. The van der Waals surface area contributed by atoms with Crippen molar-refractivity contribution in [2.24, 2.45) is 7.05 Å². The van der Waals surface area contributed by atoms with Crippen molar-refractivity contribution in [3.8, 4) is 0 Å². The van der Waals surface area contributed by atoms with Gasteiger partial charge in [-0.2, -0.15) is 5.10 Å². The Labute approximate surface area is 146 Å². The molecular weight excluding hydrogens is 314 g/mol. The van der Waals surface area contributed by atoms with E-state index >= 15 is 0 Å². The molecule has 0 aliphatic carbocycles. The van der Waals surface area contributed by atoms with Crippen molar-refractivity contribution in [1.29, 1.82) is 0 Å². The fourth-order valence-electron chi connectivity index (χ4n) is 3.68. The second-order valence-corrected chi connectivity index (χ2v) is 6.71. The lowest BCUT2D eigenvalue weighted by Gasteiger charge is -2.34. The molecule has 4 rings (SSSR count). The van der Waals surface area contributed by atoms with E-state index in [1.807, 2.05) is 55.0 Å². The molecule has 0 N–H and O–H groups in total. The van der Waals surface area contributed by atoms with Gasteiger partial charge in [0.2, 0.25) is 0 Å². The van der Waals surface area contributed by atoms with Crippen molar-refractivity contribution in [3.63, 3.8) is 0 Å². The minimum absolute atomic E-state index is 0.0257. The van der Waals surface area contributed by atoms with Crippen LogP contribution in [0.2, 0.25) is 0 Å². The third-order valence-corrected chi connectivity index (χ3v) is 4.88. The zero-order valence-corrected chi connectivity index (χ0v) is 14.7. The van der Waals surface area contributed by atoms with Gasteiger partial charge in [0.1, 0.15) is 11.5 Å². The van der Waals surface area contributed by atoms with E-state index < -0.39 is 0 Å². The minimum atomic E-state index is 0.0257. The maximum absolute atomic E-state index is 13.1. The standard InChI is InChI=1S/C20H21N3O2/c1-13-8-18(14(2)25-13)20(24)23-11-15-6-4-5-7-17(15)19(12-23)16-9-21-22(3)10-16/h4-10,19H,11-12H2,1-3H3/t19-/m1/s1. The SMILES string of the molecule is Cc1cc(C(=O)N2Cc3ccccc3[C@@H](c3cnn(C)c3)C2)c(C)o1. The zero-order valence-electron chi connectivity index (χ0n) is 14.7. The number of aromatic nitrogens is 2. The minimum Gasteiger partial charge on any atom is -0.466 e. The van der Waals surface area contributed by atoms with Crippen molar-refractivity contribution < 1.29 is 9.21 Å². The molecule has 1 amide bonds. The molecule has 1 aromatic carbocycles. The van der Waals surface area contributed by atoms with Gasteiger partial charge in [0.15, 0.2) is 0 Å². The molecule has 1 atom stereocenters. The lowest BCUT2D eigenvalue weighted by molar-refractivity contribution is 0.0723. The monoisotopic (exact) mass is 335 g/mol. The van der Waals surface area contributed by atoms with Crippen LogP contribution in [-0.4, -0.2) is 27.1 Å². The van der Waals surface area contributed by atoms with Crippen LogP contribution in [0.4, 0.5) is 0 Å². The Morgan fingerprint density at radius 3 is 2.76 bits per heavy atom. The summed E-state index contributed by atoms with van der Waals surface area (Å²) in [7, 11) is 1.92. The molecular formula is C20H21N3O2. The van der Waals surface area contributed by atoms with Gasteiger partial charge in [-0.1, -0.05) is 24.3 Å². The van der Waals surface area contributed by atoms with Gasteiger partial charge in [0.25, 0.3) is 5.91 Å². The summed E-state index contributed by atoms with van der Waals surface area (Å²) in [6.07, 6.45) is 3.92. The molecule has 1 aliphatic heterocycles. The number of amides is 1. The van der Waals surface area contributed by atoms with Crippen molar-refractivity contribution in [3.05, 3.63) is 76.5 Å². The third kappa shape index (κ3) is 2.76. The van der Waals surface area contributed by atoms with Crippen molar-refractivity contribution in [1.82, 2.24) is 14.7 Å². The number of hydrogen-bond acceptors (Lipinski definition) is 3. The summed E-state index contributed by atoms with van der Waals surface area (Å²) in [5.74, 6) is 1.61. The zero-order chi connectivity index (χ0) is 17.6. The van der Waals surface area contributed by atoms with Crippen LogP contribution in [0.15, 0.2) is 47.1 Å². The third-order valence-electron chi connectivity index (χ3n) is 4.88. The number of carbonyl (C=O) groups is 1. The maximum Gasteiger partial charge on any atom is 0.257 e. The number of aryl methyl sites for hydroxylation is 3. The molecule has 5 nitrogen and oxygen atoms in total. The first-order chi connectivity index (χ1) is 12.0. The maximum atomic E-state index is 13.1. The van der Waals surface area contributed by atoms with E-state index in [4.69, 9.17) is 4.42 Å². The Bertz CT molecular complexity index is 938. The van der Waals surface area contributed by atoms with Crippen LogP contribution in [0, 0.1) is 13.8 Å². The number of fused-ring (bicyclic) bond motifs is 1. The Kier molecular flexibility index (Phi) is 3.71. The van der Waals surface area contributed by atoms with Gasteiger partial charge in [-0.25, -0.2) is 0 Å². The molecule has 128 valence electrons. The first-order valence-electron chi connectivity index (χ1n) is 8.45. The Morgan fingerprint density at radius 1 is 1.28 bits per heavy atom. The summed E-state index contributed by atoms with van der Waals surface area (Å²) in [4.78, 5) is 15.0. The molecule has 5 heteroatoms. The van der Waals surface area contributed by atoms with Gasteiger partial charge in [0, 0.05) is 32.3 Å². The van der Waals surface area contributed by atoms with E-state index in [2.05, 4.69) is 23.3 Å². The van der Waals surface area contributed by atoms with Gasteiger partial charge in [-0.3, -0.25) is 9.48 Å². The van der Waals surface area contributed by atoms with Crippen molar-refractivity contribution in [2.75, 3.05) is 6.54 Å². The Morgan fingerprint density at radius 2 is 2.08 bits per heavy atom. The van der Waals surface area contributed by atoms with E-state index in [1.165, 1.54) is 11.1 Å². The molecule has 0 unspecified atom stereocenters. The van der Waals surface area contributed by atoms with Crippen LogP contribution in [0.25, 0.3) is 0 Å². The molecule has 0 saturated heterocycles. The second kappa shape index (κ2) is 5.92. The molecule has 3 aromatic rings. The van der Waals surface area contributed by atoms with Gasteiger partial charge in [-0.15, -0.1) is 0 Å². The first-order valence-corrected chi connectivity index (χ1v) is 8.45. The highest BCUT2D eigenvalue weighted by atomic mass is 16.3. The Balaban J connectivity index is 1.72. The van der Waals surface area contributed by atoms with Crippen molar-refractivity contribution >= 4 is 5.91 Å². The fourth-order valence-corrected chi connectivity index (χ4v) is 3.68. The lowest BCUT2D eigenvalue weighted by atomic mass is 9.86. The summed E-state index contributed by atoms with van der Waals surface area (Å²) in [5, 5.41) is 4.31. The van der Waals surface area contributed by atoms with Crippen LogP contribution in [-0.2, 0) is 13.6 Å². The van der Waals surface area contributed by atoms with Gasteiger partial charge in [0.05, 0.1) is 11.8 Å². The second-order valence-electron chi connectivity index (χ2n) is 6.71. The summed E-state index contributed by atoms with van der Waals surface area (Å²) in [6.45, 7) is 4.98. The summed E-state index contributed by atoms with van der Waals surface area (Å²) in [5.41, 5.74) is 4.25. The van der Waals surface area contributed by atoms with Gasteiger partial charge in [-0.05, 0) is 36.6 Å². The number of hydrogen-bond donors (Lipinski definition) is 0. The normalized spacial score (nSPS) is 16.8. The smallest absolute Gasteiger partial charge is 0.257 e. The molecule has 2 aromatic heterocycles. The number of rotatable bonds is 2. The summed E-state index contributed by atoms with van der Waals surface area (Å²) >= 11 is 0. The van der Waals surface area contributed by atoms with E-state index in [0.717, 1.165) is 11.3 Å². The number of furan rings is 1. The number of carbonyl (C=O) groups excluding carboxylic acids is 1. The molecule has 3 heterocycles. The van der Waals surface area contributed by atoms with Crippen LogP contribution in [0.5, 0.6) is 0 Å². The van der Waals surface area contributed by atoms with E-state index in [0.29, 0.717) is 24.4 Å². The lowest BCUT2D eigenvalue weighted by Crippen LogP contribution is -2.38. The van der Waals surface area contributed by atoms with Crippen molar-refractivity contribution in [2.45, 2.75) is 26.3 Å². The average Bonchev–Trinajstić information content (AvgIpc) is 3.18. The predicted molar refractivity (Wildman–Crippen MR) is 94.4 cm³/mol. The van der Waals surface area contributed by atoms with E-state index in [1.54, 1.807) is 0 Å².